The average Bonchev–Trinajstić information content (AvgIpc) is 2.66. The molecule has 0 saturated heterocycles. The summed E-state index contributed by atoms with van der Waals surface area (Å²) >= 11 is 6.04. The number of carbonyl (C=O) groups excluding carboxylic acids is 2. The fourth-order valence-corrected chi connectivity index (χ4v) is 2.28. The number of esters is 1. The maximum Gasteiger partial charge on any atom is 0.355 e. The van der Waals surface area contributed by atoms with Gasteiger partial charge in [0.1, 0.15) is 18.1 Å². The normalized spacial score (nSPS) is 10.8. The molecule has 0 atom stereocenters. The number of benzene rings is 2. The van der Waals surface area contributed by atoms with Crippen LogP contribution in [0.1, 0.15) is 15.9 Å². The molecule has 0 aliphatic carbocycles. The van der Waals surface area contributed by atoms with Crippen molar-refractivity contribution in [3.63, 3.8) is 0 Å². The lowest BCUT2D eigenvalue weighted by Crippen LogP contribution is -2.28. The van der Waals surface area contributed by atoms with Crippen LogP contribution in [0.3, 0.4) is 0 Å². The SMILES string of the molecule is C=CCOC(=O)/C(=C/c1ccc(OC)cc1)NC(=O)c1ccccc1Cl. The molecular formula is C20H18ClNO4. The Morgan fingerprint density at radius 2 is 1.85 bits per heavy atom. The van der Waals surface area contributed by atoms with Gasteiger partial charge in [-0.1, -0.05) is 48.5 Å². The first kappa shape index (κ1) is 19.3. The Bertz CT molecular complexity index is 828. The minimum absolute atomic E-state index is 0.0121. The number of rotatable bonds is 7. The molecule has 0 spiro atoms. The summed E-state index contributed by atoms with van der Waals surface area (Å²) in [5.74, 6) is -0.509. The number of nitrogens with one attached hydrogen (secondary N) is 1. The number of hydrogen-bond acceptors (Lipinski definition) is 4. The summed E-state index contributed by atoms with van der Waals surface area (Å²) in [4.78, 5) is 24.7. The van der Waals surface area contributed by atoms with Crippen LogP contribution in [0.15, 0.2) is 66.9 Å². The van der Waals surface area contributed by atoms with E-state index in [2.05, 4.69) is 11.9 Å². The number of amides is 1. The number of ether oxygens (including phenoxy) is 2. The van der Waals surface area contributed by atoms with Crippen molar-refractivity contribution < 1.29 is 19.1 Å². The minimum atomic E-state index is -0.680. The molecule has 2 rings (SSSR count). The van der Waals surface area contributed by atoms with Gasteiger partial charge < -0.3 is 14.8 Å². The van der Waals surface area contributed by atoms with Gasteiger partial charge in [0.2, 0.25) is 0 Å². The van der Waals surface area contributed by atoms with Crippen LogP contribution in [0.5, 0.6) is 5.75 Å². The molecule has 5 nitrogen and oxygen atoms in total. The molecule has 0 unspecified atom stereocenters. The van der Waals surface area contributed by atoms with Crippen molar-refractivity contribution >= 4 is 29.6 Å². The molecule has 134 valence electrons. The van der Waals surface area contributed by atoms with E-state index in [4.69, 9.17) is 21.1 Å². The third kappa shape index (κ3) is 5.22. The Morgan fingerprint density at radius 1 is 1.15 bits per heavy atom. The second-order valence-corrected chi connectivity index (χ2v) is 5.56. The third-order valence-electron chi connectivity index (χ3n) is 3.35. The highest BCUT2D eigenvalue weighted by atomic mass is 35.5. The molecule has 2 aromatic rings. The predicted octanol–water partition coefficient (Wildman–Crippen LogP) is 3.85. The van der Waals surface area contributed by atoms with E-state index in [0.29, 0.717) is 11.3 Å². The summed E-state index contributed by atoms with van der Waals surface area (Å²) in [6, 6.07) is 13.6. The van der Waals surface area contributed by atoms with Gasteiger partial charge in [-0.15, -0.1) is 0 Å². The highest BCUT2D eigenvalue weighted by Crippen LogP contribution is 2.17. The first-order valence-corrected chi connectivity index (χ1v) is 8.12. The summed E-state index contributed by atoms with van der Waals surface area (Å²) in [5.41, 5.74) is 0.934. The van der Waals surface area contributed by atoms with Crippen molar-refractivity contribution in [1.29, 1.82) is 0 Å². The Morgan fingerprint density at radius 3 is 2.46 bits per heavy atom. The molecule has 0 aromatic heterocycles. The predicted molar refractivity (Wildman–Crippen MR) is 101 cm³/mol. The van der Waals surface area contributed by atoms with Gasteiger partial charge in [-0.3, -0.25) is 4.79 Å². The number of halogens is 1. The zero-order valence-corrected chi connectivity index (χ0v) is 15.0. The lowest BCUT2D eigenvalue weighted by Gasteiger charge is -2.10. The molecule has 0 fully saturated rings. The van der Waals surface area contributed by atoms with E-state index in [1.165, 1.54) is 12.2 Å². The van der Waals surface area contributed by atoms with Gasteiger partial charge in [0.15, 0.2) is 0 Å². The van der Waals surface area contributed by atoms with Crippen molar-refractivity contribution in [1.82, 2.24) is 5.32 Å². The standard InChI is InChI=1S/C20H18ClNO4/c1-3-12-26-20(24)18(13-14-8-10-15(25-2)11-9-14)22-19(23)16-6-4-5-7-17(16)21/h3-11,13H,1,12H2,2H3,(H,22,23)/b18-13-. The van der Waals surface area contributed by atoms with E-state index in [-0.39, 0.29) is 22.9 Å². The quantitative estimate of drug-likeness (QED) is 0.456. The van der Waals surface area contributed by atoms with Gasteiger partial charge >= 0.3 is 5.97 Å². The Hall–Kier alpha value is -3.05. The first-order chi connectivity index (χ1) is 12.5. The van der Waals surface area contributed by atoms with Crippen molar-refractivity contribution in [3.8, 4) is 5.75 Å². The monoisotopic (exact) mass is 371 g/mol. The molecule has 1 amide bonds. The van der Waals surface area contributed by atoms with E-state index in [1.54, 1.807) is 55.6 Å². The number of methoxy groups -OCH3 is 1. The van der Waals surface area contributed by atoms with Crippen molar-refractivity contribution in [3.05, 3.63) is 83.0 Å². The summed E-state index contributed by atoms with van der Waals surface area (Å²) in [7, 11) is 1.56. The van der Waals surface area contributed by atoms with Gasteiger partial charge in [-0.2, -0.15) is 0 Å². The molecular weight excluding hydrogens is 354 g/mol. The zero-order chi connectivity index (χ0) is 18.9. The smallest absolute Gasteiger partial charge is 0.355 e. The molecule has 6 heteroatoms. The first-order valence-electron chi connectivity index (χ1n) is 7.74. The average molecular weight is 372 g/mol. The fourth-order valence-electron chi connectivity index (χ4n) is 2.06. The van der Waals surface area contributed by atoms with Crippen LogP contribution < -0.4 is 10.1 Å². The van der Waals surface area contributed by atoms with Crippen LogP contribution in [0.4, 0.5) is 0 Å². The van der Waals surface area contributed by atoms with Crippen LogP contribution in [0.25, 0.3) is 6.08 Å². The van der Waals surface area contributed by atoms with Crippen molar-refractivity contribution in [2.45, 2.75) is 0 Å². The topological polar surface area (TPSA) is 64.6 Å². The van der Waals surface area contributed by atoms with Crippen LogP contribution in [0, 0.1) is 0 Å². The Balaban J connectivity index is 2.29. The highest BCUT2D eigenvalue weighted by Gasteiger charge is 2.17. The maximum absolute atomic E-state index is 12.5. The van der Waals surface area contributed by atoms with E-state index < -0.39 is 11.9 Å². The maximum atomic E-state index is 12.5. The largest absolute Gasteiger partial charge is 0.497 e. The van der Waals surface area contributed by atoms with Gasteiger partial charge in [-0.25, -0.2) is 4.79 Å². The second kappa shape index (κ2) is 9.44. The molecule has 26 heavy (non-hydrogen) atoms. The van der Waals surface area contributed by atoms with Crippen LogP contribution in [0.2, 0.25) is 5.02 Å². The van der Waals surface area contributed by atoms with Gasteiger partial charge in [-0.05, 0) is 35.9 Å². The number of carbonyl (C=O) groups is 2. The minimum Gasteiger partial charge on any atom is -0.497 e. The van der Waals surface area contributed by atoms with Crippen LogP contribution in [-0.4, -0.2) is 25.6 Å². The van der Waals surface area contributed by atoms with Gasteiger partial charge in [0, 0.05) is 0 Å². The molecule has 0 aliphatic rings. The fraction of sp³-hybridized carbons (Fsp3) is 0.100. The molecule has 0 saturated carbocycles. The van der Waals surface area contributed by atoms with Crippen molar-refractivity contribution in [2.75, 3.05) is 13.7 Å². The lowest BCUT2D eigenvalue weighted by molar-refractivity contribution is -0.138. The van der Waals surface area contributed by atoms with Crippen LogP contribution in [-0.2, 0) is 9.53 Å². The van der Waals surface area contributed by atoms with Gasteiger partial charge in [0.05, 0.1) is 17.7 Å². The molecule has 0 heterocycles. The van der Waals surface area contributed by atoms with Crippen molar-refractivity contribution in [2.24, 2.45) is 0 Å². The van der Waals surface area contributed by atoms with Gasteiger partial charge in [0.25, 0.3) is 5.91 Å². The lowest BCUT2D eigenvalue weighted by atomic mass is 10.1. The van der Waals surface area contributed by atoms with E-state index in [0.717, 1.165) is 0 Å². The number of hydrogen-bond donors (Lipinski definition) is 1. The molecule has 1 N–H and O–H groups in total. The van der Waals surface area contributed by atoms with Crippen LogP contribution >= 0.6 is 11.6 Å². The summed E-state index contributed by atoms with van der Waals surface area (Å²) in [5, 5.41) is 2.84. The molecule has 0 bridgehead atoms. The molecule has 2 aromatic carbocycles. The van der Waals surface area contributed by atoms with E-state index in [1.807, 2.05) is 0 Å². The van der Waals surface area contributed by atoms with E-state index >= 15 is 0 Å². The second-order valence-electron chi connectivity index (χ2n) is 5.15. The highest BCUT2D eigenvalue weighted by molar-refractivity contribution is 6.34. The summed E-state index contributed by atoms with van der Waals surface area (Å²) in [6.07, 6.45) is 2.96. The molecule has 0 aliphatic heterocycles. The summed E-state index contributed by atoms with van der Waals surface area (Å²) < 4.78 is 10.1. The third-order valence-corrected chi connectivity index (χ3v) is 3.68. The van der Waals surface area contributed by atoms with E-state index in [9.17, 15) is 9.59 Å². The zero-order valence-electron chi connectivity index (χ0n) is 14.2. The molecule has 0 radical (unpaired) electrons. The Labute approximate surface area is 156 Å². The Kier molecular flexibility index (Phi) is 7.00. The summed E-state index contributed by atoms with van der Waals surface area (Å²) in [6.45, 7) is 3.53.